The molecule has 0 aliphatic heterocycles. The molecule has 0 saturated carbocycles. The van der Waals surface area contributed by atoms with Crippen LogP contribution >= 0.6 is 0 Å². The van der Waals surface area contributed by atoms with Gasteiger partial charge in [-0.25, -0.2) is 9.18 Å². The summed E-state index contributed by atoms with van der Waals surface area (Å²) in [6, 6.07) is 11.9. The normalized spacial score (nSPS) is 11.7. The molecule has 114 valence electrons. The molecular formula is C17H16FNO3. The maximum absolute atomic E-state index is 14.3. The van der Waals surface area contributed by atoms with Gasteiger partial charge in [0.1, 0.15) is 5.82 Å². The SMILES string of the molecule is CCC(=O)NC(C(=O)O)c1ccc(-c2ccccc2)c(F)c1. The molecule has 1 atom stereocenters. The van der Waals surface area contributed by atoms with Crippen molar-refractivity contribution in [2.24, 2.45) is 0 Å². The molecule has 22 heavy (non-hydrogen) atoms. The molecule has 0 bridgehead atoms. The number of benzene rings is 2. The van der Waals surface area contributed by atoms with Gasteiger partial charge in [0.05, 0.1) is 0 Å². The number of carboxylic acids is 1. The Morgan fingerprint density at radius 3 is 2.41 bits per heavy atom. The number of carbonyl (C=O) groups excluding carboxylic acids is 1. The van der Waals surface area contributed by atoms with Crippen LogP contribution in [0, 0.1) is 5.82 Å². The number of amides is 1. The van der Waals surface area contributed by atoms with Crippen molar-refractivity contribution >= 4 is 11.9 Å². The van der Waals surface area contributed by atoms with Gasteiger partial charge in [-0.15, -0.1) is 0 Å². The molecule has 2 aromatic carbocycles. The number of halogens is 1. The maximum Gasteiger partial charge on any atom is 0.330 e. The largest absolute Gasteiger partial charge is 0.479 e. The Bertz CT molecular complexity index is 686. The van der Waals surface area contributed by atoms with E-state index >= 15 is 0 Å². The Labute approximate surface area is 127 Å². The van der Waals surface area contributed by atoms with Crippen molar-refractivity contribution in [3.8, 4) is 11.1 Å². The van der Waals surface area contributed by atoms with Gasteiger partial charge in [0, 0.05) is 12.0 Å². The van der Waals surface area contributed by atoms with Crippen molar-refractivity contribution in [3.05, 3.63) is 59.9 Å². The average molecular weight is 301 g/mol. The highest BCUT2D eigenvalue weighted by molar-refractivity contribution is 5.84. The molecule has 0 fully saturated rings. The third kappa shape index (κ3) is 3.49. The fourth-order valence-corrected chi connectivity index (χ4v) is 2.11. The van der Waals surface area contributed by atoms with Crippen LogP contribution in [0.3, 0.4) is 0 Å². The Kier molecular flexibility index (Phi) is 4.88. The third-order valence-electron chi connectivity index (χ3n) is 3.28. The van der Waals surface area contributed by atoms with Crippen molar-refractivity contribution in [2.45, 2.75) is 19.4 Å². The lowest BCUT2D eigenvalue weighted by Gasteiger charge is -2.15. The summed E-state index contributed by atoms with van der Waals surface area (Å²) in [5.41, 5.74) is 1.29. The molecule has 2 aromatic rings. The summed E-state index contributed by atoms with van der Waals surface area (Å²) in [6.07, 6.45) is 0.161. The van der Waals surface area contributed by atoms with Crippen molar-refractivity contribution in [1.29, 1.82) is 0 Å². The van der Waals surface area contributed by atoms with E-state index in [1.165, 1.54) is 12.1 Å². The molecule has 4 nitrogen and oxygen atoms in total. The zero-order chi connectivity index (χ0) is 16.1. The molecule has 0 radical (unpaired) electrons. The van der Waals surface area contributed by atoms with Gasteiger partial charge in [-0.2, -0.15) is 0 Å². The van der Waals surface area contributed by atoms with E-state index in [0.717, 1.165) is 6.07 Å². The lowest BCUT2D eigenvalue weighted by Crippen LogP contribution is -2.33. The number of aliphatic carboxylic acids is 1. The molecule has 0 spiro atoms. The summed E-state index contributed by atoms with van der Waals surface area (Å²) >= 11 is 0. The quantitative estimate of drug-likeness (QED) is 0.891. The Morgan fingerprint density at radius 2 is 1.86 bits per heavy atom. The highest BCUT2D eigenvalue weighted by Crippen LogP contribution is 2.25. The number of carboxylic acid groups (broad SMARTS) is 1. The summed E-state index contributed by atoms with van der Waals surface area (Å²) in [4.78, 5) is 22.7. The minimum absolute atomic E-state index is 0.161. The van der Waals surface area contributed by atoms with E-state index in [0.29, 0.717) is 11.1 Å². The summed E-state index contributed by atoms with van der Waals surface area (Å²) in [5, 5.41) is 11.6. The number of nitrogens with one attached hydrogen (secondary N) is 1. The third-order valence-corrected chi connectivity index (χ3v) is 3.28. The predicted octanol–water partition coefficient (Wildman–Crippen LogP) is 3.14. The number of carbonyl (C=O) groups is 2. The Morgan fingerprint density at radius 1 is 1.18 bits per heavy atom. The van der Waals surface area contributed by atoms with Crippen LogP contribution in [0.25, 0.3) is 11.1 Å². The van der Waals surface area contributed by atoms with Crippen molar-refractivity contribution in [1.82, 2.24) is 5.32 Å². The van der Waals surface area contributed by atoms with Crippen LogP contribution in [0.2, 0.25) is 0 Å². The van der Waals surface area contributed by atoms with E-state index in [1.807, 2.05) is 6.07 Å². The first-order valence-corrected chi connectivity index (χ1v) is 6.90. The maximum atomic E-state index is 14.3. The van der Waals surface area contributed by atoms with Crippen molar-refractivity contribution in [3.63, 3.8) is 0 Å². The Balaban J connectivity index is 2.35. The first-order valence-electron chi connectivity index (χ1n) is 6.90. The highest BCUT2D eigenvalue weighted by Gasteiger charge is 2.22. The zero-order valence-electron chi connectivity index (χ0n) is 12.0. The molecule has 0 saturated heterocycles. The average Bonchev–Trinajstić information content (AvgIpc) is 2.52. The molecule has 1 amide bonds. The second-order valence-corrected chi connectivity index (χ2v) is 4.80. The summed E-state index contributed by atoms with van der Waals surface area (Å²) < 4.78 is 14.3. The van der Waals surface area contributed by atoms with E-state index in [1.54, 1.807) is 31.2 Å². The summed E-state index contributed by atoms with van der Waals surface area (Å²) in [5.74, 6) is -2.16. The van der Waals surface area contributed by atoms with Crippen LogP contribution in [0.5, 0.6) is 0 Å². The fourth-order valence-electron chi connectivity index (χ4n) is 2.11. The molecule has 2 rings (SSSR count). The van der Waals surface area contributed by atoms with Crippen LogP contribution in [-0.4, -0.2) is 17.0 Å². The highest BCUT2D eigenvalue weighted by atomic mass is 19.1. The zero-order valence-corrected chi connectivity index (χ0v) is 12.0. The van der Waals surface area contributed by atoms with Gasteiger partial charge in [0.25, 0.3) is 0 Å². The van der Waals surface area contributed by atoms with Crippen LogP contribution in [-0.2, 0) is 9.59 Å². The predicted molar refractivity (Wildman–Crippen MR) is 80.6 cm³/mol. The lowest BCUT2D eigenvalue weighted by molar-refractivity contribution is -0.142. The monoisotopic (exact) mass is 301 g/mol. The van der Waals surface area contributed by atoms with E-state index < -0.39 is 23.7 Å². The molecule has 0 aliphatic rings. The van der Waals surface area contributed by atoms with E-state index in [2.05, 4.69) is 5.32 Å². The first-order chi connectivity index (χ1) is 10.5. The fraction of sp³-hybridized carbons (Fsp3) is 0.176. The van der Waals surface area contributed by atoms with Crippen LogP contribution in [0.15, 0.2) is 48.5 Å². The first kappa shape index (κ1) is 15.7. The van der Waals surface area contributed by atoms with Crippen molar-refractivity contribution < 1.29 is 19.1 Å². The van der Waals surface area contributed by atoms with Gasteiger partial charge in [-0.3, -0.25) is 4.79 Å². The van der Waals surface area contributed by atoms with Gasteiger partial charge < -0.3 is 10.4 Å². The van der Waals surface area contributed by atoms with Crippen molar-refractivity contribution in [2.75, 3.05) is 0 Å². The molecule has 5 heteroatoms. The topological polar surface area (TPSA) is 66.4 Å². The smallest absolute Gasteiger partial charge is 0.330 e. The molecule has 0 aliphatic carbocycles. The minimum Gasteiger partial charge on any atom is -0.479 e. The summed E-state index contributed by atoms with van der Waals surface area (Å²) in [6.45, 7) is 1.62. The number of hydrogen-bond acceptors (Lipinski definition) is 2. The van der Waals surface area contributed by atoms with Gasteiger partial charge in [0.2, 0.25) is 5.91 Å². The van der Waals surface area contributed by atoms with E-state index in [-0.39, 0.29) is 12.0 Å². The van der Waals surface area contributed by atoms with Crippen LogP contribution < -0.4 is 5.32 Å². The van der Waals surface area contributed by atoms with Gasteiger partial charge in [0.15, 0.2) is 6.04 Å². The minimum atomic E-state index is -1.26. The van der Waals surface area contributed by atoms with Gasteiger partial charge in [-0.1, -0.05) is 49.4 Å². The molecule has 1 unspecified atom stereocenters. The van der Waals surface area contributed by atoms with E-state index in [4.69, 9.17) is 0 Å². The van der Waals surface area contributed by atoms with Crippen LogP contribution in [0.4, 0.5) is 4.39 Å². The molecular weight excluding hydrogens is 285 g/mol. The lowest BCUT2D eigenvalue weighted by atomic mass is 10.00. The second kappa shape index (κ2) is 6.85. The van der Waals surface area contributed by atoms with Crippen LogP contribution in [0.1, 0.15) is 24.9 Å². The van der Waals surface area contributed by atoms with Gasteiger partial charge in [-0.05, 0) is 17.2 Å². The molecule has 2 N–H and O–H groups in total. The van der Waals surface area contributed by atoms with E-state index in [9.17, 15) is 19.1 Å². The molecule has 0 aromatic heterocycles. The number of rotatable bonds is 5. The second-order valence-electron chi connectivity index (χ2n) is 4.80. The number of hydrogen-bond donors (Lipinski definition) is 2. The summed E-state index contributed by atoms with van der Waals surface area (Å²) in [7, 11) is 0. The standard InChI is InChI=1S/C17H16FNO3/c1-2-15(20)19-16(17(21)22)12-8-9-13(14(18)10-12)11-6-4-3-5-7-11/h3-10,16H,2H2,1H3,(H,19,20)(H,21,22). The van der Waals surface area contributed by atoms with Gasteiger partial charge >= 0.3 is 5.97 Å². The Hall–Kier alpha value is -2.69. The molecule has 0 heterocycles.